The van der Waals surface area contributed by atoms with Crippen molar-refractivity contribution in [2.45, 2.75) is 19.4 Å². The van der Waals surface area contributed by atoms with Gasteiger partial charge in [0.05, 0.1) is 6.54 Å². The molecule has 0 aliphatic heterocycles. The van der Waals surface area contributed by atoms with Crippen molar-refractivity contribution in [1.82, 2.24) is 15.5 Å². The molecule has 0 aromatic heterocycles. The highest BCUT2D eigenvalue weighted by Gasteiger charge is 2.12. The van der Waals surface area contributed by atoms with Gasteiger partial charge >= 0.3 is 0 Å². The number of halogens is 1. The Morgan fingerprint density at radius 2 is 1.91 bits per heavy atom. The van der Waals surface area contributed by atoms with Crippen LogP contribution in [0.15, 0.2) is 35.3 Å². The van der Waals surface area contributed by atoms with Crippen LogP contribution in [-0.2, 0) is 6.42 Å². The molecule has 4 nitrogen and oxygen atoms in total. The molecule has 0 spiro atoms. The van der Waals surface area contributed by atoms with E-state index >= 15 is 0 Å². The van der Waals surface area contributed by atoms with E-state index in [4.69, 9.17) is 4.99 Å². The van der Waals surface area contributed by atoms with E-state index in [0.29, 0.717) is 6.04 Å². The fourth-order valence-electron chi connectivity index (χ4n) is 2.11. The molecule has 0 fully saturated rings. The Morgan fingerprint density at radius 3 is 2.48 bits per heavy atom. The second kappa shape index (κ2) is 13.9. The number of hydrogen-bond donors (Lipinski definition) is 2. The summed E-state index contributed by atoms with van der Waals surface area (Å²) in [7, 11) is 4.24. The van der Waals surface area contributed by atoms with Crippen molar-refractivity contribution >= 4 is 41.7 Å². The summed E-state index contributed by atoms with van der Waals surface area (Å²) in [5, 5.41) is 6.69. The van der Waals surface area contributed by atoms with Crippen LogP contribution in [0.4, 0.5) is 0 Å². The van der Waals surface area contributed by atoms with Gasteiger partial charge in [-0.05, 0) is 39.3 Å². The predicted molar refractivity (Wildman–Crippen MR) is 115 cm³/mol. The first-order chi connectivity index (χ1) is 10.7. The summed E-state index contributed by atoms with van der Waals surface area (Å²) in [4.78, 5) is 7.00. The minimum absolute atomic E-state index is 0. The van der Waals surface area contributed by atoms with Gasteiger partial charge in [0.1, 0.15) is 0 Å². The Kier molecular flexibility index (Phi) is 13.6. The van der Waals surface area contributed by atoms with Gasteiger partial charge in [0.25, 0.3) is 0 Å². The Morgan fingerprint density at radius 1 is 1.22 bits per heavy atom. The molecule has 0 saturated carbocycles. The zero-order valence-corrected chi connectivity index (χ0v) is 17.9. The minimum Gasteiger partial charge on any atom is -0.357 e. The van der Waals surface area contributed by atoms with E-state index < -0.39 is 0 Å². The third-order valence-corrected chi connectivity index (χ3v) is 4.06. The van der Waals surface area contributed by atoms with E-state index in [-0.39, 0.29) is 24.0 Å². The molecule has 1 aromatic carbocycles. The summed E-state index contributed by atoms with van der Waals surface area (Å²) in [5.41, 5.74) is 1.36. The lowest BCUT2D eigenvalue weighted by Gasteiger charge is -2.23. The number of thioether (sulfide) groups is 1. The first kappa shape index (κ1) is 22.5. The molecule has 1 atom stereocenters. The maximum Gasteiger partial charge on any atom is 0.191 e. The summed E-state index contributed by atoms with van der Waals surface area (Å²) in [6, 6.07) is 11.0. The van der Waals surface area contributed by atoms with Crippen LogP contribution in [0.3, 0.4) is 0 Å². The van der Waals surface area contributed by atoms with Crippen LogP contribution in [0.2, 0.25) is 0 Å². The maximum atomic E-state index is 4.75. The molecule has 0 saturated heterocycles. The average molecular weight is 450 g/mol. The number of rotatable bonds is 9. The largest absolute Gasteiger partial charge is 0.357 e. The van der Waals surface area contributed by atoms with Crippen LogP contribution in [0.5, 0.6) is 0 Å². The van der Waals surface area contributed by atoms with Crippen LogP contribution < -0.4 is 10.6 Å². The van der Waals surface area contributed by atoms with Gasteiger partial charge in [0.15, 0.2) is 5.96 Å². The molecular formula is C17H31IN4S. The smallest absolute Gasteiger partial charge is 0.191 e. The maximum absolute atomic E-state index is 4.75. The first-order valence-electron chi connectivity index (χ1n) is 7.88. The van der Waals surface area contributed by atoms with Crippen molar-refractivity contribution in [1.29, 1.82) is 0 Å². The van der Waals surface area contributed by atoms with E-state index in [0.717, 1.165) is 37.8 Å². The minimum atomic E-state index is 0. The van der Waals surface area contributed by atoms with Gasteiger partial charge in [-0.15, -0.1) is 24.0 Å². The van der Waals surface area contributed by atoms with Crippen molar-refractivity contribution in [3.8, 4) is 0 Å². The van der Waals surface area contributed by atoms with E-state index in [1.165, 1.54) is 5.56 Å². The van der Waals surface area contributed by atoms with Crippen molar-refractivity contribution < 1.29 is 0 Å². The summed E-state index contributed by atoms with van der Waals surface area (Å²) in [6.07, 6.45) is 3.13. The summed E-state index contributed by atoms with van der Waals surface area (Å²) in [6.45, 7) is 4.71. The van der Waals surface area contributed by atoms with Crippen LogP contribution in [0, 0.1) is 0 Å². The Hall–Kier alpha value is -0.470. The molecule has 132 valence electrons. The third-order valence-electron chi connectivity index (χ3n) is 3.45. The molecule has 2 N–H and O–H groups in total. The summed E-state index contributed by atoms with van der Waals surface area (Å²) >= 11 is 1.84. The molecule has 0 aliphatic carbocycles. The van der Waals surface area contributed by atoms with E-state index in [1.54, 1.807) is 0 Å². The highest BCUT2D eigenvalue weighted by Crippen LogP contribution is 2.07. The molecule has 6 heteroatoms. The SMILES string of the molecule is CCNC(=NCC(Cc1ccccc1)N(C)C)NCCSC.I. The fourth-order valence-corrected chi connectivity index (χ4v) is 2.41. The number of nitrogens with zero attached hydrogens (tertiary/aromatic N) is 2. The lowest BCUT2D eigenvalue weighted by atomic mass is 10.1. The van der Waals surface area contributed by atoms with Crippen LogP contribution >= 0.6 is 35.7 Å². The highest BCUT2D eigenvalue weighted by molar-refractivity contribution is 14.0. The number of likely N-dealkylation sites (N-methyl/N-ethyl adjacent to an activating group) is 1. The van der Waals surface area contributed by atoms with E-state index in [2.05, 4.69) is 73.1 Å². The second-order valence-electron chi connectivity index (χ2n) is 5.45. The lowest BCUT2D eigenvalue weighted by molar-refractivity contribution is 0.298. The van der Waals surface area contributed by atoms with E-state index in [9.17, 15) is 0 Å². The van der Waals surface area contributed by atoms with Gasteiger partial charge < -0.3 is 15.5 Å². The molecule has 1 aromatic rings. The van der Waals surface area contributed by atoms with Crippen molar-refractivity contribution in [3.05, 3.63) is 35.9 Å². The lowest BCUT2D eigenvalue weighted by Crippen LogP contribution is -2.40. The number of nitrogens with one attached hydrogen (secondary N) is 2. The number of guanidine groups is 1. The molecule has 0 heterocycles. The Bertz CT molecular complexity index is 426. The molecule has 1 unspecified atom stereocenters. The normalized spacial score (nSPS) is 12.7. The number of benzene rings is 1. The van der Waals surface area contributed by atoms with Crippen molar-refractivity contribution in [2.75, 3.05) is 45.7 Å². The second-order valence-corrected chi connectivity index (χ2v) is 6.43. The predicted octanol–water partition coefficient (Wildman–Crippen LogP) is 2.70. The van der Waals surface area contributed by atoms with Crippen LogP contribution in [-0.4, -0.2) is 62.6 Å². The summed E-state index contributed by atoms with van der Waals surface area (Å²) < 4.78 is 0. The molecule has 0 amide bonds. The van der Waals surface area contributed by atoms with E-state index in [1.807, 2.05) is 11.8 Å². The zero-order valence-electron chi connectivity index (χ0n) is 14.7. The molecule has 0 bridgehead atoms. The van der Waals surface area contributed by atoms with Gasteiger partial charge in [-0.1, -0.05) is 30.3 Å². The van der Waals surface area contributed by atoms with Gasteiger partial charge in [-0.25, -0.2) is 0 Å². The number of aliphatic imine (C=N–C) groups is 1. The van der Waals surface area contributed by atoms with Gasteiger partial charge in [0, 0.05) is 24.9 Å². The molecule has 1 rings (SSSR count). The average Bonchev–Trinajstić information content (AvgIpc) is 2.52. The molecule has 23 heavy (non-hydrogen) atoms. The topological polar surface area (TPSA) is 39.7 Å². The van der Waals surface area contributed by atoms with Gasteiger partial charge in [0.2, 0.25) is 0 Å². The van der Waals surface area contributed by atoms with Crippen molar-refractivity contribution in [3.63, 3.8) is 0 Å². The summed E-state index contributed by atoms with van der Waals surface area (Å²) in [5.74, 6) is 2.00. The molecular weight excluding hydrogens is 419 g/mol. The highest BCUT2D eigenvalue weighted by atomic mass is 127. The number of hydrogen-bond acceptors (Lipinski definition) is 3. The van der Waals surface area contributed by atoms with Crippen molar-refractivity contribution in [2.24, 2.45) is 4.99 Å². The Balaban J connectivity index is 0.00000484. The van der Waals surface area contributed by atoms with Crippen LogP contribution in [0.1, 0.15) is 12.5 Å². The fraction of sp³-hybridized carbons (Fsp3) is 0.588. The molecule has 0 radical (unpaired) electrons. The van der Waals surface area contributed by atoms with Gasteiger partial charge in [-0.3, -0.25) is 4.99 Å². The Labute approximate surface area is 162 Å². The zero-order chi connectivity index (χ0) is 16.2. The quantitative estimate of drug-likeness (QED) is 0.263. The molecule has 0 aliphatic rings. The first-order valence-corrected chi connectivity index (χ1v) is 9.28. The third kappa shape index (κ3) is 10.1. The monoisotopic (exact) mass is 450 g/mol. The standard InChI is InChI=1S/C17H30N4S.HI/c1-5-18-17(19-11-12-22-4)20-14-16(21(2)3)13-15-9-7-6-8-10-15;/h6-10,16H,5,11-14H2,1-4H3,(H2,18,19,20);1H. The van der Waals surface area contributed by atoms with Crippen LogP contribution in [0.25, 0.3) is 0 Å². The van der Waals surface area contributed by atoms with Gasteiger partial charge in [-0.2, -0.15) is 11.8 Å².